The predicted molar refractivity (Wildman–Crippen MR) is 60.8 cm³/mol. The number of anilines is 1. The zero-order valence-electron chi connectivity index (χ0n) is 8.97. The van der Waals surface area contributed by atoms with E-state index in [0.29, 0.717) is 13.1 Å². The van der Waals surface area contributed by atoms with Crippen LogP contribution in [-0.2, 0) is 4.79 Å². The van der Waals surface area contributed by atoms with Crippen LogP contribution in [0.5, 0.6) is 0 Å². The molecule has 0 atom stereocenters. The van der Waals surface area contributed by atoms with Gasteiger partial charge in [-0.25, -0.2) is 0 Å². The van der Waals surface area contributed by atoms with Crippen molar-refractivity contribution in [3.8, 4) is 6.07 Å². The Hall–Kier alpha value is -2.02. The van der Waals surface area contributed by atoms with Gasteiger partial charge in [0.05, 0.1) is 0 Å². The highest BCUT2D eigenvalue weighted by Gasteiger charge is 2.20. The maximum absolute atomic E-state index is 11.2. The number of rotatable bonds is 1. The van der Waals surface area contributed by atoms with Gasteiger partial charge in [-0.2, -0.15) is 5.26 Å². The fourth-order valence-electron chi connectivity index (χ4n) is 1.88. The molecule has 1 aliphatic heterocycles. The number of piperazine rings is 1. The van der Waals surface area contributed by atoms with Crippen molar-refractivity contribution < 1.29 is 4.79 Å². The van der Waals surface area contributed by atoms with E-state index in [1.54, 1.807) is 11.0 Å². The van der Waals surface area contributed by atoms with E-state index in [0.717, 1.165) is 13.1 Å². The summed E-state index contributed by atoms with van der Waals surface area (Å²) in [5.74, 6) is -0.423. The number of carbonyl (C=O) groups is 1. The second-order valence-corrected chi connectivity index (χ2v) is 3.73. The highest BCUT2D eigenvalue weighted by Crippen LogP contribution is 2.15. The van der Waals surface area contributed by atoms with Crippen LogP contribution in [0.25, 0.3) is 0 Å². The lowest BCUT2D eigenvalue weighted by Gasteiger charge is -2.34. The topological polar surface area (TPSA) is 47.3 Å². The quantitative estimate of drug-likeness (QED) is 0.653. The standard InChI is InChI=1S/C12H13N3O/c13-10-12(16)15-8-6-14(7-9-15)11-4-2-1-3-5-11/h1-5H,6-9H2. The van der Waals surface area contributed by atoms with Crippen LogP contribution in [0.1, 0.15) is 0 Å². The average Bonchev–Trinajstić information content (AvgIpc) is 2.39. The molecule has 82 valence electrons. The third kappa shape index (κ3) is 2.14. The Morgan fingerprint density at radius 3 is 2.31 bits per heavy atom. The summed E-state index contributed by atoms with van der Waals surface area (Å²) in [6, 6.07) is 11.8. The van der Waals surface area contributed by atoms with Gasteiger partial charge in [0.15, 0.2) is 6.07 Å². The van der Waals surface area contributed by atoms with Crippen LogP contribution in [0.3, 0.4) is 0 Å². The lowest BCUT2D eigenvalue weighted by atomic mass is 10.2. The third-order valence-corrected chi connectivity index (χ3v) is 2.78. The number of amides is 1. The highest BCUT2D eigenvalue weighted by molar-refractivity contribution is 5.91. The number of para-hydroxylation sites is 1. The fraction of sp³-hybridized carbons (Fsp3) is 0.333. The van der Waals surface area contributed by atoms with Gasteiger partial charge in [-0.05, 0) is 12.1 Å². The molecule has 0 bridgehead atoms. The highest BCUT2D eigenvalue weighted by atomic mass is 16.2. The zero-order chi connectivity index (χ0) is 11.4. The molecule has 1 saturated heterocycles. The first-order chi connectivity index (χ1) is 7.81. The molecule has 1 heterocycles. The van der Waals surface area contributed by atoms with Crippen molar-refractivity contribution in [2.45, 2.75) is 0 Å². The predicted octanol–water partition coefficient (Wildman–Crippen LogP) is 0.859. The summed E-state index contributed by atoms with van der Waals surface area (Å²) in [4.78, 5) is 15.0. The Morgan fingerprint density at radius 2 is 1.75 bits per heavy atom. The van der Waals surface area contributed by atoms with E-state index >= 15 is 0 Å². The summed E-state index contributed by atoms with van der Waals surface area (Å²) >= 11 is 0. The van der Waals surface area contributed by atoms with Gasteiger partial charge in [0, 0.05) is 31.9 Å². The van der Waals surface area contributed by atoms with E-state index in [2.05, 4.69) is 17.0 Å². The van der Waals surface area contributed by atoms with E-state index in [1.165, 1.54) is 5.69 Å². The molecule has 1 aliphatic rings. The van der Waals surface area contributed by atoms with Crippen LogP contribution in [-0.4, -0.2) is 37.0 Å². The second kappa shape index (κ2) is 4.67. The van der Waals surface area contributed by atoms with Crippen LogP contribution >= 0.6 is 0 Å². The summed E-state index contributed by atoms with van der Waals surface area (Å²) in [6.07, 6.45) is 0. The van der Waals surface area contributed by atoms with Crippen LogP contribution in [0.4, 0.5) is 5.69 Å². The van der Waals surface area contributed by atoms with Crippen LogP contribution in [0, 0.1) is 11.3 Å². The molecule has 0 radical (unpaired) electrons. The Bertz CT molecular complexity index is 402. The molecule has 1 fully saturated rings. The van der Waals surface area contributed by atoms with E-state index in [1.807, 2.05) is 18.2 Å². The molecule has 4 nitrogen and oxygen atoms in total. The first-order valence-corrected chi connectivity index (χ1v) is 5.30. The Labute approximate surface area is 94.7 Å². The van der Waals surface area contributed by atoms with Crippen LogP contribution < -0.4 is 4.90 Å². The number of carbonyl (C=O) groups excluding carboxylic acids is 1. The van der Waals surface area contributed by atoms with Crippen molar-refractivity contribution >= 4 is 11.6 Å². The minimum atomic E-state index is -0.423. The molecular formula is C12H13N3O. The number of nitrogens with zero attached hydrogens (tertiary/aromatic N) is 3. The van der Waals surface area contributed by atoms with Crippen molar-refractivity contribution in [1.82, 2.24) is 4.90 Å². The van der Waals surface area contributed by atoms with E-state index in [4.69, 9.17) is 5.26 Å². The summed E-state index contributed by atoms with van der Waals surface area (Å²) in [5.41, 5.74) is 1.17. The Morgan fingerprint density at radius 1 is 1.12 bits per heavy atom. The minimum Gasteiger partial charge on any atom is -0.368 e. The smallest absolute Gasteiger partial charge is 0.325 e. The molecule has 0 N–H and O–H groups in total. The van der Waals surface area contributed by atoms with E-state index in [-0.39, 0.29) is 0 Å². The summed E-state index contributed by atoms with van der Waals surface area (Å²) in [7, 11) is 0. The average molecular weight is 215 g/mol. The van der Waals surface area contributed by atoms with Crippen LogP contribution in [0.15, 0.2) is 30.3 Å². The largest absolute Gasteiger partial charge is 0.368 e. The Balaban J connectivity index is 1.96. The molecule has 1 aromatic carbocycles. The van der Waals surface area contributed by atoms with Gasteiger partial charge >= 0.3 is 5.91 Å². The van der Waals surface area contributed by atoms with Gasteiger partial charge in [-0.15, -0.1) is 0 Å². The van der Waals surface area contributed by atoms with Crippen molar-refractivity contribution in [1.29, 1.82) is 5.26 Å². The van der Waals surface area contributed by atoms with Gasteiger partial charge in [0.1, 0.15) is 0 Å². The molecular weight excluding hydrogens is 202 g/mol. The molecule has 16 heavy (non-hydrogen) atoms. The molecule has 1 amide bonds. The van der Waals surface area contributed by atoms with Gasteiger partial charge in [0.25, 0.3) is 0 Å². The maximum Gasteiger partial charge on any atom is 0.325 e. The van der Waals surface area contributed by atoms with Gasteiger partial charge in [0.2, 0.25) is 0 Å². The molecule has 0 unspecified atom stereocenters. The minimum absolute atomic E-state index is 0.423. The van der Waals surface area contributed by atoms with Gasteiger partial charge in [-0.3, -0.25) is 4.79 Å². The normalized spacial score (nSPS) is 15.7. The van der Waals surface area contributed by atoms with Gasteiger partial charge < -0.3 is 9.80 Å². The molecule has 2 rings (SSSR count). The number of nitriles is 1. The van der Waals surface area contributed by atoms with Crippen molar-refractivity contribution in [2.75, 3.05) is 31.1 Å². The molecule has 4 heteroatoms. The number of hydrogen-bond donors (Lipinski definition) is 0. The van der Waals surface area contributed by atoms with Crippen molar-refractivity contribution in [3.05, 3.63) is 30.3 Å². The zero-order valence-corrected chi connectivity index (χ0v) is 8.97. The Kier molecular flexibility index (Phi) is 3.06. The van der Waals surface area contributed by atoms with E-state index in [9.17, 15) is 4.79 Å². The molecule has 0 spiro atoms. The lowest BCUT2D eigenvalue weighted by molar-refractivity contribution is -0.125. The summed E-state index contributed by atoms with van der Waals surface area (Å²) in [5, 5.41) is 8.52. The fourth-order valence-corrected chi connectivity index (χ4v) is 1.88. The number of benzene rings is 1. The summed E-state index contributed by atoms with van der Waals surface area (Å²) < 4.78 is 0. The lowest BCUT2D eigenvalue weighted by Crippen LogP contribution is -2.48. The number of hydrogen-bond acceptors (Lipinski definition) is 3. The maximum atomic E-state index is 11.2. The second-order valence-electron chi connectivity index (χ2n) is 3.73. The van der Waals surface area contributed by atoms with Gasteiger partial charge in [-0.1, -0.05) is 18.2 Å². The SMILES string of the molecule is N#CC(=O)N1CCN(c2ccccc2)CC1. The monoisotopic (exact) mass is 215 g/mol. The summed E-state index contributed by atoms with van der Waals surface area (Å²) in [6.45, 7) is 2.83. The van der Waals surface area contributed by atoms with Crippen LogP contribution in [0.2, 0.25) is 0 Å². The molecule has 1 aromatic rings. The molecule has 0 saturated carbocycles. The third-order valence-electron chi connectivity index (χ3n) is 2.78. The molecule has 0 aromatic heterocycles. The van der Waals surface area contributed by atoms with E-state index < -0.39 is 5.91 Å². The first-order valence-electron chi connectivity index (χ1n) is 5.30. The first kappa shape index (κ1) is 10.5. The molecule has 0 aliphatic carbocycles. The van der Waals surface area contributed by atoms with Crippen molar-refractivity contribution in [3.63, 3.8) is 0 Å². The van der Waals surface area contributed by atoms with Crippen molar-refractivity contribution in [2.24, 2.45) is 0 Å².